The number of rotatable bonds is 7. The molecule has 2 heterocycles. The van der Waals surface area contributed by atoms with Gasteiger partial charge < -0.3 is 18.9 Å². The standard InChI is InChI=1S/C38H24Cl4O4P2/c39-23-1-9-27(10-2-23)47(28-11-3-24(40)4-12-28)33-19-17-31-37(45-21-43-31)35(33)36-34(20-18-32-38(36)46-22-44-32)48(29-13-5-25(41)6-14-29)30-15-7-26(42)8-16-30/h1-20H,21-22H2. The molecule has 4 nitrogen and oxygen atoms in total. The van der Waals surface area contributed by atoms with E-state index in [4.69, 9.17) is 65.4 Å². The summed E-state index contributed by atoms with van der Waals surface area (Å²) >= 11 is 25.6. The van der Waals surface area contributed by atoms with Gasteiger partial charge in [0, 0.05) is 31.2 Å². The summed E-state index contributed by atoms with van der Waals surface area (Å²) in [6.45, 7) is 0.215. The molecule has 6 aromatic carbocycles. The molecular weight excluding hydrogens is 724 g/mol. The fraction of sp³-hybridized carbons (Fsp3) is 0.0526. The SMILES string of the molecule is Clc1ccc(P(c2ccc(Cl)cc2)c2ccc3c(c2-c2c(P(c4ccc(Cl)cc4)c4ccc(Cl)cc4)ccc4c2OCO4)OCO3)cc1. The first-order valence-corrected chi connectivity index (χ1v) is 19.1. The van der Waals surface area contributed by atoms with Gasteiger partial charge in [0.05, 0.1) is 0 Å². The minimum Gasteiger partial charge on any atom is -0.454 e. The third kappa shape index (κ3) is 6.01. The molecule has 0 fully saturated rings. The van der Waals surface area contributed by atoms with E-state index < -0.39 is 15.8 Å². The van der Waals surface area contributed by atoms with Crippen LogP contribution in [0.4, 0.5) is 0 Å². The fourth-order valence-electron chi connectivity index (χ4n) is 5.99. The van der Waals surface area contributed by atoms with E-state index >= 15 is 0 Å². The largest absolute Gasteiger partial charge is 0.454 e. The Kier molecular flexibility index (Phi) is 8.91. The molecule has 0 saturated carbocycles. The molecule has 0 unspecified atom stereocenters. The van der Waals surface area contributed by atoms with Gasteiger partial charge >= 0.3 is 0 Å². The van der Waals surface area contributed by atoms with E-state index in [9.17, 15) is 0 Å². The van der Waals surface area contributed by atoms with Gasteiger partial charge in [0.2, 0.25) is 13.6 Å². The van der Waals surface area contributed by atoms with Crippen molar-refractivity contribution in [1.82, 2.24) is 0 Å². The molecule has 0 aromatic heterocycles. The second-order valence-electron chi connectivity index (χ2n) is 11.0. The number of benzene rings is 6. The van der Waals surface area contributed by atoms with Gasteiger partial charge in [0.1, 0.15) is 0 Å². The molecule has 2 aliphatic rings. The maximum atomic E-state index is 6.40. The van der Waals surface area contributed by atoms with E-state index in [-0.39, 0.29) is 13.6 Å². The van der Waals surface area contributed by atoms with Crippen LogP contribution in [0.25, 0.3) is 11.1 Å². The first kappa shape index (κ1) is 31.8. The third-order valence-corrected chi connectivity index (χ3v) is 14.1. The highest BCUT2D eigenvalue weighted by atomic mass is 35.5. The second kappa shape index (κ2) is 13.4. The van der Waals surface area contributed by atoms with Gasteiger partial charge in [0.25, 0.3) is 0 Å². The number of hydrogen-bond acceptors (Lipinski definition) is 4. The Balaban J connectivity index is 1.45. The lowest BCUT2D eigenvalue weighted by molar-refractivity contribution is 0.173. The van der Waals surface area contributed by atoms with Crippen molar-refractivity contribution >= 4 is 94.1 Å². The Labute approximate surface area is 300 Å². The molecule has 8 rings (SSSR count). The van der Waals surface area contributed by atoms with Crippen LogP contribution in [-0.2, 0) is 0 Å². The maximum Gasteiger partial charge on any atom is 0.231 e. The van der Waals surface area contributed by atoms with Crippen LogP contribution in [0.15, 0.2) is 121 Å². The van der Waals surface area contributed by atoms with Crippen molar-refractivity contribution in [2.45, 2.75) is 0 Å². The van der Waals surface area contributed by atoms with Crippen molar-refractivity contribution in [2.75, 3.05) is 13.6 Å². The lowest BCUT2D eigenvalue weighted by atomic mass is 10.0. The summed E-state index contributed by atoms with van der Waals surface area (Å²) in [6.07, 6.45) is 0. The van der Waals surface area contributed by atoms with Gasteiger partial charge in [0.15, 0.2) is 23.0 Å². The zero-order chi connectivity index (χ0) is 32.8. The molecule has 0 bridgehead atoms. The summed E-state index contributed by atoms with van der Waals surface area (Å²) in [6, 6.07) is 40.4. The third-order valence-electron chi connectivity index (χ3n) is 8.11. The highest BCUT2D eigenvalue weighted by Crippen LogP contribution is 2.53. The Morgan fingerprint density at radius 2 is 0.646 bits per heavy atom. The van der Waals surface area contributed by atoms with Gasteiger partial charge in [-0.2, -0.15) is 0 Å². The van der Waals surface area contributed by atoms with Crippen LogP contribution >= 0.6 is 62.2 Å². The smallest absolute Gasteiger partial charge is 0.231 e. The summed E-state index contributed by atoms with van der Waals surface area (Å²) in [5, 5.41) is 9.24. The topological polar surface area (TPSA) is 36.9 Å². The van der Waals surface area contributed by atoms with E-state index in [0.29, 0.717) is 43.1 Å². The molecule has 2 aliphatic heterocycles. The monoisotopic (exact) mass is 746 g/mol. The summed E-state index contributed by atoms with van der Waals surface area (Å²) in [5.41, 5.74) is 1.79. The van der Waals surface area contributed by atoms with Crippen molar-refractivity contribution in [3.63, 3.8) is 0 Å². The van der Waals surface area contributed by atoms with Crippen LogP contribution in [0.2, 0.25) is 20.1 Å². The van der Waals surface area contributed by atoms with Crippen molar-refractivity contribution in [1.29, 1.82) is 0 Å². The average molecular weight is 748 g/mol. The molecule has 10 heteroatoms. The first-order valence-electron chi connectivity index (χ1n) is 14.9. The lowest BCUT2D eigenvalue weighted by Gasteiger charge is -2.27. The minimum absolute atomic E-state index is 0.108. The van der Waals surface area contributed by atoms with Gasteiger partial charge in [-0.3, -0.25) is 0 Å². The quantitative estimate of drug-likeness (QED) is 0.153. The van der Waals surface area contributed by atoms with E-state index in [1.807, 2.05) is 60.7 Å². The number of fused-ring (bicyclic) bond motifs is 2. The minimum atomic E-state index is -1.15. The van der Waals surface area contributed by atoms with E-state index in [0.717, 1.165) is 43.0 Å². The van der Waals surface area contributed by atoms with E-state index in [2.05, 4.69) is 60.7 Å². The number of hydrogen-bond donors (Lipinski definition) is 0. The first-order chi connectivity index (χ1) is 23.4. The van der Waals surface area contributed by atoms with E-state index in [1.54, 1.807) is 0 Å². The van der Waals surface area contributed by atoms with E-state index in [1.165, 1.54) is 0 Å². The summed E-state index contributed by atoms with van der Waals surface area (Å²) in [5.74, 6) is 2.66. The molecule has 238 valence electrons. The average Bonchev–Trinajstić information content (AvgIpc) is 3.79. The van der Waals surface area contributed by atoms with Crippen molar-refractivity contribution < 1.29 is 18.9 Å². The molecule has 0 atom stereocenters. The molecule has 6 aromatic rings. The molecule has 0 radical (unpaired) electrons. The van der Waals surface area contributed by atoms with Crippen molar-refractivity contribution in [2.24, 2.45) is 0 Å². The Morgan fingerprint density at radius 1 is 0.354 bits per heavy atom. The fourth-order valence-corrected chi connectivity index (χ4v) is 11.3. The molecule has 48 heavy (non-hydrogen) atoms. The predicted molar refractivity (Wildman–Crippen MR) is 202 cm³/mol. The van der Waals surface area contributed by atoms with Crippen molar-refractivity contribution in [3.05, 3.63) is 141 Å². The van der Waals surface area contributed by atoms with Crippen LogP contribution in [0.3, 0.4) is 0 Å². The molecular formula is C38H24Cl4O4P2. The highest BCUT2D eigenvalue weighted by Gasteiger charge is 2.35. The van der Waals surface area contributed by atoms with Gasteiger partial charge in [-0.05, 0) is 120 Å². The molecule has 0 amide bonds. The zero-order valence-corrected chi connectivity index (χ0v) is 29.8. The summed E-state index contributed by atoms with van der Waals surface area (Å²) < 4.78 is 24.7. The van der Waals surface area contributed by atoms with Crippen LogP contribution in [0.5, 0.6) is 23.0 Å². The lowest BCUT2D eigenvalue weighted by Crippen LogP contribution is -2.26. The van der Waals surface area contributed by atoms with Crippen LogP contribution in [0.1, 0.15) is 0 Å². The highest BCUT2D eigenvalue weighted by molar-refractivity contribution is 7.80. The predicted octanol–water partition coefficient (Wildman–Crippen LogP) is 8.94. The normalized spacial score (nSPS) is 13.0. The van der Waals surface area contributed by atoms with Gasteiger partial charge in [-0.15, -0.1) is 0 Å². The zero-order valence-electron chi connectivity index (χ0n) is 25.0. The number of halogens is 4. The van der Waals surface area contributed by atoms with Crippen LogP contribution in [-0.4, -0.2) is 13.6 Å². The summed E-state index contributed by atoms with van der Waals surface area (Å²) in [4.78, 5) is 0. The number of ether oxygens (including phenoxy) is 4. The molecule has 0 N–H and O–H groups in total. The molecule has 0 spiro atoms. The van der Waals surface area contributed by atoms with Gasteiger partial charge in [-0.1, -0.05) is 94.9 Å². The Morgan fingerprint density at radius 3 is 0.938 bits per heavy atom. The van der Waals surface area contributed by atoms with Gasteiger partial charge in [-0.25, -0.2) is 0 Å². The Bertz CT molecular complexity index is 1880. The van der Waals surface area contributed by atoms with Crippen molar-refractivity contribution in [3.8, 4) is 34.1 Å². The van der Waals surface area contributed by atoms with Crippen LogP contribution < -0.4 is 50.8 Å². The Hall–Kier alpha value is -3.46. The van der Waals surface area contributed by atoms with Crippen LogP contribution in [0, 0.1) is 0 Å². The maximum absolute atomic E-state index is 6.40. The summed E-state index contributed by atoms with van der Waals surface area (Å²) in [7, 11) is -2.31. The second-order valence-corrected chi connectivity index (χ2v) is 17.1. The molecule has 0 aliphatic carbocycles. The molecule has 0 saturated heterocycles.